The molecule has 4 aliphatic carbocycles. The first-order chi connectivity index (χ1) is 19.0. The van der Waals surface area contributed by atoms with Crippen molar-refractivity contribution in [1.82, 2.24) is 0 Å². The fourth-order valence-corrected chi connectivity index (χ4v) is 12.5. The van der Waals surface area contributed by atoms with Crippen LogP contribution in [0.15, 0.2) is 18.2 Å². The van der Waals surface area contributed by atoms with Crippen LogP contribution in [0, 0.1) is 46.8 Å². The lowest BCUT2D eigenvalue weighted by Crippen LogP contribution is -2.57. The highest BCUT2D eigenvalue weighted by molar-refractivity contribution is 14.1. The van der Waals surface area contributed by atoms with Crippen LogP contribution in [0.3, 0.4) is 0 Å². The first-order valence-corrected chi connectivity index (χ1v) is 17.0. The van der Waals surface area contributed by atoms with Gasteiger partial charge in [0.1, 0.15) is 6.10 Å². The minimum Gasteiger partial charge on any atom is -0.459 e. The third kappa shape index (κ3) is 4.17. The van der Waals surface area contributed by atoms with Crippen LogP contribution in [-0.2, 0) is 14.2 Å². The number of benzene rings is 1. The molecule has 1 spiro atoms. The summed E-state index contributed by atoms with van der Waals surface area (Å²) in [5.74, 6) is 4.00. The van der Waals surface area contributed by atoms with Crippen molar-refractivity contribution in [2.45, 2.75) is 106 Å². The number of esters is 1. The molecule has 0 bridgehead atoms. The first kappa shape index (κ1) is 27.8. The van der Waals surface area contributed by atoms with Crippen molar-refractivity contribution in [1.29, 1.82) is 0 Å². The lowest BCUT2D eigenvalue weighted by Gasteiger charge is -2.60. The second-order valence-electron chi connectivity index (χ2n) is 14.8. The molecule has 0 amide bonds. The zero-order valence-electron chi connectivity index (χ0n) is 24.4. The average Bonchev–Trinajstić information content (AvgIpc) is 3.35. The number of alkyl halides is 1. The van der Waals surface area contributed by atoms with E-state index < -0.39 is 0 Å². The summed E-state index contributed by atoms with van der Waals surface area (Å²) in [4.78, 5) is 12.9. The Balaban J connectivity index is 1.04. The highest BCUT2D eigenvalue weighted by Crippen LogP contribution is 2.71. The van der Waals surface area contributed by atoms with E-state index in [9.17, 15) is 4.79 Å². The maximum absolute atomic E-state index is 12.9. The van der Waals surface area contributed by atoms with Gasteiger partial charge in [-0.1, -0.05) is 43.4 Å². The second kappa shape index (κ2) is 9.73. The van der Waals surface area contributed by atoms with Gasteiger partial charge < -0.3 is 25.7 Å². The molecule has 7 heteroatoms. The van der Waals surface area contributed by atoms with E-state index in [0.717, 1.165) is 50.0 Å². The van der Waals surface area contributed by atoms with Crippen molar-refractivity contribution in [2.24, 2.45) is 46.8 Å². The van der Waals surface area contributed by atoms with Crippen LogP contribution in [0.5, 0.6) is 0 Å². The Morgan fingerprint density at radius 3 is 2.48 bits per heavy atom. The third-order valence-electron chi connectivity index (χ3n) is 12.7. The molecular weight excluding hydrogens is 615 g/mol. The monoisotopic (exact) mass is 662 g/mol. The van der Waals surface area contributed by atoms with Crippen molar-refractivity contribution >= 4 is 39.9 Å². The Labute approximate surface area is 253 Å². The molecule has 4 saturated carbocycles. The molecular formula is C33H47IN2O4. The van der Waals surface area contributed by atoms with Crippen LogP contribution < -0.4 is 11.5 Å². The Morgan fingerprint density at radius 2 is 1.75 bits per heavy atom. The number of hydrogen-bond donors (Lipinski definition) is 2. The number of hydrogen-bond acceptors (Lipinski definition) is 6. The molecule has 220 valence electrons. The topological polar surface area (TPSA) is 96.8 Å². The van der Waals surface area contributed by atoms with Gasteiger partial charge in [0.05, 0.1) is 18.3 Å². The molecule has 2 aliphatic heterocycles. The number of anilines is 2. The molecule has 0 radical (unpaired) electrons. The van der Waals surface area contributed by atoms with E-state index >= 15 is 0 Å². The highest BCUT2D eigenvalue weighted by atomic mass is 127. The molecule has 6 aliphatic rings. The van der Waals surface area contributed by atoms with Crippen molar-refractivity contribution in [3.05, 3.63) is 23.8 Å². The van der Waals surface area contributed by atoms with Crippen molar-refractivity contribution in [3.8, 4) is 0 Å². The maximum Gasteiger partial charge on any atom is 0.338 e. The fourth-order valence-electron chi connectivity index (χ4n) is 10.9. The van der Waals surface area contributed by atoms with Gasteiger partial charge in [-0.2, -0.15) is 0 Å². The standard InChI is InChI=1S/C33H47IN2O4/c1-18-6-11-33(38-17-18)19(2)29-28(40-33)16-27-25-5-4-21-14-24(39-30(37)20-12-22(35)15-23(36)13-20)7-10-32(21,34)26(25)8-9-31(27,29)3/h12-13,15,18-19,21,24-29H,4-11,14,16-17,35-36H2,1-3H3. The molecule has 6 fully saturated rings. The van der Waals surface area contributed by atoms with E-state index in [1.54, 1.807) is 18.2 Å². The van der Waals surface area contributed by atoms with Crippen molar-refractivity contribution < 1.29 is 19.0 Å². The van der Waals surface area contributed by atoms with Gasteiger partial charge in [-0.15, -0.1) is 0 Å². The molecule has 6 nitrogen and oxygen atoms in total. The van der Waals surface area contributed by atoms with E-state index in [4.69, 9.17) is 25.7 Å². The zero-order valence-corrected chi connectivity index (χ0v) is 26.5. The van der Waals surface area contributed by atoms with Gasteiger partial charge in [0.2, 0.25) is 0 Å². The van der Waals surface area contributed by atoms with Gasteiger partial charge in [-0.05, 0) is 117 Å². The summed E-state index contributed by atoms with van der Waals surface area (Å²) >= 11 is 2.87. The summed E-state index contributed by atoms with van der Waals surface area (Å²) in [5.41, 5.74) is 13.6. The quantitative estimate of drug-likeness (QED) is 0.153. The summed E-state index contributed by atoms with van der Waals surface area (Å²) in [6.45, 7) is 8.21. The zero-order chi connectivity index (χ0) is 28.0. The molecule has 0 aromatic heterocycles. The van der Waals surface area contributed by atoms with Gasteiger partial charge in [-0.25, -0.2) is 4.79 Å². The van der Waals surface area contributed by atoms with Crippen LogP contribution >= 0.6 is 22.6 Å². The number of rotatable bonds is 2. The summed E-state index contributed by atoms with van der Waals surface area (Å²) < 4.78 is 19.8. The molecule has 1 aromatic carbocycles. The van der Waals surface area contributed by atoms with Crippen LogP contribution in [0.2, 0.25) is 0 Å². The van der Waals surface area contributed by atoms with E-state index in [2.05, 4.69) is 43.4 Å². The van der Waals surface area contributed by atoms with Crippen LogP contribution in [0.1, 0.15) is 95.3 Å². The Morgan fingerprint density at radius 1 is 0.975 bits per heavy atom. The van der Waals surface area contributed by atoms with E-state index in [0.29, 0.717) is 55.6 Å². The number of fused-ring (bicyclic) bond motifs is 7. The van der Waals surface area contributed by atoms with Crippen LogP contribution in [-0.4, -0.2) is 34.0 Å². The number of carbonyl (C=O) groups excluding carboxylic acids is 1. The van der Waals surface area contributed by atoms with Gasteiger partial charge in [-0.3, -0.25) is 0 Å². The lowest BCUT2D eigenvalue weighted by atomic mass is 9.49. The largest absolute Gasteiger partial charge is 0.459 e. The maximum atomic E-state index is 12.9. The molecule has 40 heavy (non-hydrogen) atoms. The molecule has 4 N–H and O–H groups in total. The molecule has 1 aromatic rings. The molecule has 12 unspecified atom stereocenters. The average molecular weight is 663 g/mol. The van der Waals surface area contributed by atoms with Gasteiger partial charge in [0, 0.05) is 27.1 Å². The summed E-state index contributed by atoms with van der Waals surface area (Å²) in [5, 5.41) is 0. The van der Waals surface area contributed by atoms with E-state index in [1.807, 2.05) is 0 Å². The minimum atomic E-state index is -0.332. The predicted octanol–water partition coefficient (Wildman–Crippen LogP) is 6.99. The number of nitrogen functional groups attached to an aromatic ring is 2. The number of nitrogens with two attached hydrogens (primary N) is 2. The normalized spacial score (nSPS) is 49.5. The Hall–Kier alpha value is -1.06. The van der Waals surface area contributed by atoms with Crippen LogP contribution in [0.25, 0.3) is 0 Å². The molecule has 7 rings (SSSR count). The van der Waals surface area contributed by atoms with Gasteiger partial charge in [0.15, 0.2) is 5.79 Å². The number of ether oxygens (including phenoxy) is 3. The smallest absolute Gasteiger partial charge is 0.338 e. The lowest BCUT2D eigenvalue weighted by molar-refractivity contribution is -0.272. The Kier molecular flexibility index (Phi) is 6.75. The predicted molar refractivity (Wildman–Crippen MR) is 165 cm³/mol. The van der Waals surface area contributed by atoms with Crippen molar-refractivity contribution in [3.63, 3.8) is 0 Å². The number of halogens is 1. The molecule has 2 saturated heterocycles. The second-order valence-corrected chi connectivity index (χ2v) is 16.8. The van der Waals surface area contributed by atoms with Gasteiger partial charge in [0.25, 0.3) is 0 Å². The van der Waals surface area contributed by atoms with E-state index in [-0.39, 0.29) is 17.9 Å². The third-order valence-corrected chi connectivity index (χ3v) is 15.0. The van der Waals surface area contributed by atoms with Crippen LogP contribution in [0.4, 0.5) is 11.4 Å². The summed E-state index contributed by atoms with van der Waals surface area (Å²) in [6.07, 6.45) is 12.1. The van der Waals surface area contributed by atoms with Gasteiger partial charge >= 0.3 is 5.97 Å². The van der Waals surface area contributed by atoms with E-state index in [1.165, 1.54) is 38.5 Å². The summed E-state index contributed by atoms with van der Waals surface area (Å²) in [6, 6.07) is 5.00. The molecule has 12 atom stereocenters. The number of carbonyl (C=O) groups is 1. The summed E-state index contributed by atoms with van der Waals surface area (Å²) in [7, 11) is 0. The van der Waals surface area contributed by atoms with Crippen molar-refractivity contribution in [2.75, 3.05) is 18.1 Å². The SMILES string of the molecule is CC1CCC2(OC1)OC1CC3C4CCC5CC(OC(=O)c6cc(N)cc(N)c6)CCC5(I)C4CCC3(C)C1C2C. The highest BCUT2D eigenvalue weighted by Gasteiger charge is 2.69. The first-order valence-electron chi connectivity index (χ1n) is 15.9. The Bertz CT molecular complexity index is 1150. The molecule has 2 heterocycles. The fraction of sp³-hybridized carbons (Fsp3) is 0.788. The minimum absolute atomic E-state index is 0.0251.